The molecule has 0 fully saturated rings. The molecule has 0 atom stereocenters. The highest BCUT2D eigenvalue weighted by molar-refractivity contribution is 7.18. The van der Waals surface area contributed by atoms with Crippen LogP contribution in [0.4, 0.5) is 5.82 Å². The van der Waals surface area contributed by atoms with E-state index >= 15 is 0 Å². The van der Waals surface area contributed by atoms with Gasteiger partial charge in [0, 0.05) is 19.0 Å². The first-order valence-corrected chi connectivity index (χ1v) is 6.87. The topological polar surface area (TPSA) is 47.0 Å². The van der Waals surface area contributed by atoms with Gasteiger partial charge in [-0.2, -0.15) is 0 Å². The molecule has 0 saturated heterocycles. The van der Waals surface area contributed by atoms with Crippen LogP contribution >= 0.6 is 11.3 Å². The van der Waals surface area contributed by atoms with Gasteiger partial charge in [-0.05, 0) is 26.3 Å². The number of fused-ring (bicyclic) bond motifs is 1. The summed E-state index contributed by atoms with van der Waals surface area (Å²) in [6.45, 7) is 6.10. The molecular formula is C13H19N3OS. The lowest BCUT2D eigenvalue weighted by molar-refractivity contribution is 0.0119. The number of aryl methyl sites for hydroxylation is 1. The Labute approximate surface area is 111 Å². The lowest BCUT2D eigenvalue weighted by Crippen LogP contribution is -2.23. The van der Waals surface area contributed by atoms with E-state index in [2.05, 4.69) is 28.3 Å². The molecule has 98 valence electrons. The van der Waals surface area contributed by atoms with E-state index in [0.29, 0.717) is 5.82 Å². The summed E-state index contributed by atoms with van der Waals surface area (Å²) in [5.41, 5.74) is -0.476. The molecule has 0 saturated carbocycles. The maximum Gasteiger partial charge on any atom is 0.163 e. The van der Waals surface area contributed by atoms with Gasteiger partial charge in [-0.1, -0.05) is 6.92 Å². The van der Waals surface area contributed by atoms with E-state index in [9.17, 15) is 0 Å². The van der Waals surface area contributed by atoms with Crippen molar-refractivity contribution in [3.63, 3.8) is 0 Å². The van der Waals surface area contributed by atoms with Crippen LogP contribution in [0.25, 0.3) is 10.2 Å². The Morgan fingerprint density at radius 1 is 1.39 bits per heavy atom. The fraction of sp³-hybridized carbons (Fsp3) is 0.538. The van der Waals surface area contributed by atoms with Crippen LogP contribution in [0, 0.1) is 0 Å². The molecule has 4 nitrogen and oxygen atoms in total. The van der Waals surface area contributed by atoms with Gasteiger partial charge < -0.3 is 10.1 Å². The maximum absolute atomic E-state index is 5.46. The van der Waals surface area contributed by atoms with Crippen molar-refractivity contribution in [3.8, 4) is 0 Å². The van der Waals surface area contributed by atoms with Gasteiger partial charge in [0.25, 0.3) is 0 Å². The van der Waals surface area contributed by atoms with Crippen LogP contribution in [0.2, 0.25) is 0 Å². The minimum absolute atomic E-state index is 0.476. The second kappa shape index (κ2) is 4.82. The summed E-state index contributed by atoms with van der Waals surface area (Å²) < 4.78 is 5.46. The molecule has 0 aromatic carbocycles. The van der Waals surface area contributed by atoms with Gasteiger partial charge in [0.1, 0.15) is 16.2 Å². The summed E-state index contributed by atoms with van der Waals surface area (Å²) in [5.74, 6) is 1.59. The molecule has 0 aliphatic heterocycles. The first-order chi connectivity index (χ1) is 8.51. The van der Waals surface area contributed by atoms with Crippen LogP contribution in [0.3, 0.4) is 0 Å². The zero-order valence-electron chi connectivity index (χ0n) is 11.5. The van der Waals surface area contributed by atoms with Gasteiger partial charge in [-0.15, -0.1) is 11.3 Å². The third-order valence-corrected chi connectivity index (χ3v) is 4.25. The molecule has 0 amide bonds. The van der Waals surface area contributed by atoms with Gasteiger partial charge in [-0.25, -0.2) is 9.97 Å². The monoisotopic (exact) mass is 265 g/mol. The highest BCUT2D eigenvalue weighted by Crippen LogP contribution is 2.32. The number of hydrogen-bond acceptors (Lipinski definition) is 5. The van der Waals surface area contributed by atoms with Crippen molar-refractivity contribution in [1.29, 1.82) is 0 Å². The molecule has 0 bridgehead atoms. The fourth-order valence-electron chi connectivity index (χ4n) is 1.70. The average molecular weight is 265 g/mol. The van der Waals surface area contributed by atoms with E-state index < -0.39 is 5.60 Å². The number of anilines is 1. The predicted octanol–water partition coefficient (Wildman–Crippen LogP) is 3.18. The van der Waals surface area contributed by atoms with Crippen LogP contribution in [0.1, 0.15) is 31.5 Å². The van der Waals surface area contributed by atoms with E-state index in [4.69, 9.17) is 4.74 Å². The van der Waals surface area contributed by atoms with Crippen molar-refractivity contribution in [1.82, 2.24) is 9.97 Å². The third-order valence-electron chi connectivity index (χ3n) is 3.08. The lowest BCUT2D eigenvalue weighted by atomic mass is 10.1. The van der Waals surface area contributed by atoms with Crippen molar-refractivity contribution in [2.24, 2.45) is 0 Å². The predicted molar refractivity (Wildman–Crippen MR) is 76.4 cm³/mol. The van der Waals surface area contributed by atoms with Crippen LogP contribution in [0.15, 0.2) is 6.07 Å². The second-order valence-electron chi connectivity index (χ2n) is 4.65. The summed E-state index contributed by atoms with van der Waals surface area (Å²) in [5, 5.41) is 4.24. The Balaban J connectivity index is 2.65. The van der Waals surface area contributed by atoms with E-state index in [1.165, 1.54) is 4.88 Å². The van der Waals surface area contributed by atoms with Crippen molar-refractivity contribution in [2.45, 2.75) is 32.8 Å². The summed E-state index contributed by atoms with van der Waals surface area (Å²) in [6, 6.07) is 2.16. The molecule has 0 aliphatic carbocycles. The molecule has 18 heavy (non-hydrogen) atoms. The van der Waals surface area contributed by atoms with Crippen LogP contribution in [-0.4, -0.2) is 24.1 Å². The first kappa shape index (κ1) is 13.2. The number of ether oxygens (including phenoxy) is 1. The van der Waals surface area contributed by atoms with E-state index in [0.717, 1.165) is 22.5 Å². The molecular weight excluding hydrogens is 246 g/mol. The fourth-order valence-corrected chi connectivity index (χ4v) is 2.66. The standard InChI is InChI=1S/C13H19N3OS/c1-6-8-7-9-10(14-4)15-12(13(2,3)17-5)16-11(9)18-8/h7H,6H2,1-5H3,(H,14,15,16). The van der Waals surface area contributed by atoms with Crippen molar-refractivity contribution >= 4 is 27.4 Å². The SMILES string of the molecule is CCc1cc2c(NC)nc(C(C)(C)OC)nc2s1. The highest BCUT2D eigenvalue weighted by Gasteiger charge is 2.25. The molecule has 0 radical (unpaired) electrons. The molecule has 2 rings (SSSR count). The Morgan fingerprint density at radius 3 is 2.67 bits per heavy atom. The zero-order chi connectivity index (χ0) is 13.3. The third kappa shape index (κ3) is 2.20. The smallest absolute Gasteiger partial charge is 0.163 e. The summed E-state index contributed by atoms with van der Waals surface area (Å²) in [6.07, 6.45) is 1.02. The number of thiophene rings is 1. The van der Waals surface area contributed by atoms with Gasteiger partial charge in [0.2, 0.25) is 0 Å². The van der Waals surface area contributed by atoms with E-state index in [-0.39, 0.29) is 0 Å². The maximum atomic E-state index is 5.46. The molecule has 2 aromatic heterocycles. The summed E-state index contributed by atoms with van der Waals surface area (Å²) in [7, 11) is 3.56. The van der Waals surface area contributed by atoms with Gasteiger partial charge in [-0.3, -0.25) is 0 Å². The molecule has 0 unspecified atom stereocenters. The number of nitrogens with one attached hydrogen (secondary N) is 1. The Kier molecular flexibility index (Phi) is 3.54. The summed E-state index contributed by atoms with van der Waals surface area (Å²) in [4.78, 5) is 11.5. The molecule has 0 spiro atoms. The number of methoxy groups -OCH3 is 1. The van der Waals surface area contributed by atoms with Crippen molar-refractivity contribution < 1.29 is 4.74 Å². The molecule has 0 aliphatic rings. The summed E-state index contributed by atoms with van der Waals surface area (Å²) >= 11 is 1.72. The number of nitrogens with zero attached hydrogens (tertiary/aromatic N) is 2. The van der Waals surface area contributed by atoms with Gasteiger partial charge >= 0.3 is 0 Å². The molecule has 5 heteroatoms. The molecule has 1 N–H and O–H groups in total. The van der Waals surface area contributed by atoms with Gasteiger partial charge in [0.15, 0.2) is 5.82 Å². The Bertz CT molecular complexity index is 563. The number of aromatic nitrogens is 2. The van der Waals surface area contributed by atoms with Crippen LogP contribution < -0.4 is 5.32 Å². The normalized spacial score (nSPS) is 12.1. The Morgan fingerprint density at radius 2 is 2.11 bits per heavy atom. The van der Waals surface area contributed by atoms with E-state index in [1.807, 2.05) is 20.9 Å². The number of hydrogen-bond donors (Lipinski definition) is 1. The largest absolute Gasteiger partial charge is 0.372 e. The quantitative estimate of drug-likeness (QED) is 0.922. The van der Waals surface area contributed by atoms with Crippen molar-refractivity contribution in [2.75, 3.05) is 19.5 Å². The highest BCUT2D eigenvalue weighted by atomic mass is 32.1. The average Bonchev–Trinajstić information content (AvgIpc) is 2.80. The van der Waals surface area contributed by atoms with E-state index in [1.54, 1.807) is 18.4 Å². The van der Waals surface area contributed by atoms with Gasteiger partial charge in [0.05, 0.1) is 5.39 Å². The minimum Gasteiger partial charge on any atom is -0.372 e. The first-order valence-electron chi connectivity index (χ1n) is 6.05. The molecule has 2 aromatic rings. The number of rotatable bonds is 4. The van der Waals surface area contributed by atoms with Crippen molar-refractivity contribution in [3.05, 3.63) is 16.8 Å². The minimum atomic E-state index is -0.476. The van der Waals surface area contributed by atoms with Crippen LogP contribution in [0.5, 0.6) is 0 Å². The molecule has 2 heterocycles. The lowest BCUT2D eigenvalue weighted by Gasteiger charge is -2.21. The Hall–Kier alpha value is -1.20. The zero-order valence-corrected chi connectivity index (χ0v) is 12.3. The second-order valence-corrected chi connectivity index (χ2v) is 5.76. The van der Waals surface area contributed by atoms with Crippen LogP contribution in [-0.2, 0) is 16.8 Å².